The Bertz CT molecular complexity index is 547. The van der Waals surface area contributed by atoms with Gasteiger partial charge in [-0.3, -0.25) is 14.4 Å². The lowest BCUT2D eigenvalue weighted by Crippen LogP contribution is -2.59. The van der Waals surface area contributed by atoms with E-state index in [1.807, 2.05) is 0 Å². The average Bonchev–Trinajstić information content (AvgIpc) is 3.09. The molecule has 1 saturated heterocycles. The third kappa shape index (κ3) is 5.17. The fourth-order valence-corrected chi connectivity index (χ4v) is 3.45. The Hall–Kier alpha value is -2.16. The molecule has 2 aliphatic rings. The third-order valence-electron chi connectivity index (χ3n) is 4.71. The highest BCUT2D eigenvalue weighted by Crippen LogP contribution is 2.22. The molecule has 1 atom stereocenters. The minimum absolute atomic E-state index is 0.000504. The molecule has 0 spiro atoms. The first-order chi connectivity index (χ1) is 12.4. The zero-order valence-corrected chi connectivity index (χ0v) is 15.4. The van der Waals surface area contributed by atoms with Crippen LogP contribution >= 0.6 is 0 Å². The number of hydrazine groups is 1. The van der Waals surface area contributed by atoms with Crippen molar-refractivity contribution >= 4 is 23.9 Å². The highest BCUT2D eigenvalue weighted by atomic mass is 16.5. The summed E-state index contributed by atoms with van der Waals surface area (Å²) in [6.07, 6.45) is 6.05. The summed E-state index contributed by atoms with van der Waals surface area (Å²) in [6.45, 7) is 0.994. The normalized spacial score (nSPS) is 21.1. The summed E-state index contributed by atoms with van der Waals surface area (Å²) < 4.78 is 9.54. The van der Waals surface area contributed by atoms with Crippen molar-refractivity contribution in [1.82, 2.24) is 15.3 Å². The molecule has 0 radical (unpaired) electrons. The zero-order chi connectivity index (χ0) is 19.1. The van der Waals surface area contributed by atoms with Gasteiger partial charge in [-0.1, -0.05) is 19.3 Å². The molecule has 26 heavy (non-hydrogen) atoms. The number of urea groups is 1. The van der Waals surface area contributed by atoms with Gasteiger partial charge in [0.05, 0.1) is 7.11 Å². The van der Waals surface area contributed by atoms with E-state index < -0.39 is 36.5 Å². The first kappa shape index (κ1) is 20.2. The summed E-state index contributed by atoms with van der Waals surface area (Å²) in [7, 11) is 1.27. The van der Waals surface area contributed by atoms with Crippen LogP contribution in [0.3, 0.4) is 0 Å². The topological polar surface area (TPSA) is 105 Å². The molecule has 1 saturated carbocycles. The number of nitrogens with zero attached hydrogens (tertiary/aromatic N) is 2. The summed E-state index contributed by atoms with van der Waals surface area (Å²) in [4.78, 5) is 48.4. The van der Waals surface area contributed by atoms with E-state index in [-0.39, 0.29) is 6.04 Å². The number of amides is 3. The largest absolute Gasteiger partial charge is 0.468 e. The third-order valence-corrected chi connectivity index (χ3v) is 4.71. The van der Waals surface area contributed by atoms with Crippen molar-refractivity contribution in [3.63, 3.8) is 0 Å². The number of carbonyl (C=O) groups is 4. The van der Waals surface area contributed by atoms with Crippen LogP contribution in [0, 0.1) is 0 Å². The Morgan fingerprint density at radius 2 is 1.77 bits per heavy atom. The lowest BCUT2D eigenvalue weighted by Gasteiger charge is -2.34. The van der Waals surface area contributed by atoms with E-state index in [2.05, 4.69) is 5.32 Å². The van der Waals surface area contributed by atoms with Gasteiger partial charge in [0, 0.05) is 19.5 Å². The number of hydrogen-bond acceptors (Lipinski definition) is 7. The molecule has 2 fully saturated rings. The predicted octanol–water partition coefficient (Wildman–Crippen LogP) is 0.973. The summed E-state index contributed by atoms with van der Waals surface area (Å²) in [5.74, 6) is -1.81. The quantitative estimate of drug-likeness (QED) is 0.720. The van der Waals surface area contributed by atoms with Gasteiger partial charge in [-0.05, 0) is 25.7 Å². The van der Waals surface area contributed by atoms with Crippen LogP contribution < -0.4 is 5.32 Å². The first-order valence-corrected chi connectivity index (χ1v) is 9.05. The maximum atomic E-state index is 12.8. The zero-order valence-electron chi connectivity index (χ0n) is 15.4. The number of rotatable bonds is 5. The Morgan fingerprint density at radius 1 is 1.08 bits per heavy atom. The van der Waals surface area contributed by atoms with Gasteiger partial charge in [0.25, 0.3) is 5.91 Å². The molecule has 2 rings (SSSR count). The van der Waals surface area contributed by atoms with Gasteiger partial charge < -0.3 is 14.8 Å². The average molecular weight is 369 g/mol. The first-order valence-electron chi connectivity index (χ1n) is 9.05. The van der Waals surface area contributed by atoms with E-state index in [1.165, 1.54) is 19.0 Å². The maximum Gasteiger partial charge on any atom is 0.339 e. The SMILES string of the molecule is COC(=O)[C@@H]1CCCN1N(C(=O)COC(C)=O)C(=O)NC1CCCCC1. The summed E-state index contributed by atoms with van der Waals surface area (Å²) in [6, 6.07) is -1.30. The molecular weight excluding hydrogens is 342 g/mol. The monoisotopic (exact) mass is 369 g/mol. The minimum atomic E-state index is -0.710. The Morgan fingerprint density at radius 3 is 2.38 bits per heavy atom. The van der Waals surface area contributed by atoms with Crippen LogP contribution in [-0.2, 0) is 23.9 Å². The lowest BCUT2D eigenvalue weighted by atomic mass is 9.96. The summed E-state index contributed by atoms with van der Waals surface area (Å²) >= 11 is 0. The fraction of sp³-hybridized carbons (Fsp3) is 0.765. The maximum absolute atomic E-state index is 12.8. The Labute approximate surface area is 152 Å². The van der Waals surface area contributed by atoms with E-state index in [9.17, 15) is 19.2 Å². The van der Waals surface area contributed by atoms with E-state index >= 15 is 0 Å². The molecule has 0 bridgehead atoms. The molecule has 1 aliphatic carbocycles. The van der Waals surface area contributed by atoms with E-state index in [0.717, 1.165) is 37.1 Å². The van der Waals surface area contributed by atoms with Gasteiger partial charge in [-0.2, -0.15) is 10.0 Å². The number of methoxy groups -OCH3 is 1. The van der Waals surface area contributed by atoms with Crippen molar-refractivity contribution in [3.05, 3.63) is 0 Å². The lowest BCUT2D eigenvalue weighted by molar-refractivity contribution is -0.162. The molecule has 3 amide bonds. The van der Waals surface area contributed by atoms with Crippen LogP contribution in [0.4, 0.5) is 4.79 Å². The molecule has 0 aromatic rings. The van der Waals surface area contributed by atoms with Crippen LogP contribution in [0.5, 0.6) is 0 Å². The second-order valence-electron chi connectivity index (χ2n) is 6.61. The van der Waals surface area contributed by atoms with Crippen LogP contribution in [0.25, 0.3) is 0 Å². The number of carbonyl (C=O) groups excluding carboxylic acids is 4. The molecule has 0 aromatic heterocycles. The van der Waals surface area contributed by atoms with Crippen LogP contribution in [-0.4, -0.2) is 66.2 Å². The molecule has 0 unspecified atom stereocenters. The minimum Gasteiger partial charge on any atom is -0.468 e. The number of hydrogen-bond donors (Lipinski definition) is 1. The van der Waals surface area contributed by atoms with Crippen LogP contribution in [0.15, 0.2) is 0 Å². The van der Waals surface area contributed by atoms with Crippen molar-refractivity contribution in [2.45, 2.75) is 64.0 Å². The molecular formula is C17H27N3O6. The van der Waals surface area contributed by atoms with Crippen LogP contribution in [0.1, 0.15) is 51.9 Å². The van der Waals surface area contributed by atoms with E-state index in [0.29, 0.717) is 19.4 Å². The predicted molar refractivity (Wildman–Crippen MR) is 90.6 cm³/mol. The van der Waals surface area contributed by atoms with Crippen molar-refractivity contribution in [2.24, 2.45) is 0 Å². The highest BCUT2D eigenvalue weighted by Gasteiger charge is 2.41. The summed E-state index contributed by atoms with van der Waals surface area (Å²) in [5, 5.41) is 5.20. The Kier molecular flexibility index (Phi) is 7.38. The molecule has 146 valence electrons. The molecule has 9 nitrogen and oxygen atoms in total. The molecule has 1 heterocycles. The van der Waals surface area contributed by atoms with Crippen molar-refractivity contribution in [1.29, 1.82) is 0 Å². The molecule has 0 aromatic carbocycles. The summed E-state index contributed by atoms with van der Waals surface area (Å²) in [5.41, 5.74) is 0. The fourth-order valence-electron chi connectivity index (χ4n) is 3.45. The highest BCUT2D eigenvalue weighted by molar-refractivity contribution is 5.95. The van der Waals surface area contributed by atoms with Crippen LogP contribution in [0.2, 0.25) is 0 Å². The molecule has 1 N–H and O–H groups in total. The molecule has 1 aliphatic heterocycles. The van der Waals surface area contributed by atoms with Gasteiger partial charge in [-0.15, -0.1) is 0 Å². The van der Waals surface area contributed by atoms with Gasteiger partial charge in [0.15, 0.2) is 6.61 Å². The van der Waals surface area contributed by atoms with Gasteiger partial charge >= 0.3 is 18.0 Å². The standard InChI is InChI=1S/C17H27N3O6/c1-12(21)26-11-15(22)20(17(24)18-13-7-4-3-5-8-13)19-10-6-9-14(19)16(23)25-2/h13-14H,3-11H2,1-2H3,(H,18,24)/t14-/m0/s1. The second-order valence-corrected chi connectivity index (χ2v) is 6.61. The number of nitrogens with one attached hydrogen (secondary N) is 1. The number of esters is 2. The van der Waals surface area contributed by atoms with E-state index in [1.54, 1.807) is 0 Å². The van der Waals surface area contributed by atoms with Crippen molar-refractivity contribution < 1.29 is 28.7 Å². The molecule has 9 heteroatoms. The van der Waals surface area contributed by atoms with Gasteiger partial charge in [0.2, 0.25) is 0 Å². The second kappa shape index (κ2) is 9.51. The van der Waals surface area contributed by atoms with Gasteiger partial charge in [0.1, 0.15) is 6.04 Å². The Balaban J connectivity index is 2.14. The van der Waals surface area contributed by atoms with Gasteiger partial charge in [-0.25, -0.2) is 4.79 Å². The van der Waals surface area contributed by atoms with E-state index in [4.69, 9.17) is 9.47 Å². The number of imide groups is 1. The smallest absolute Gasteiger partial charge is 0.339 e. The van der Waals surface area contributed by atoms with Crippen molar-refractivity contribution in [3.8, 4) is 0 Å². The number of ether oxygens (including phenoxy) is 2. The van der Waals surface area contributed by atoms with Crippen molar-refractivity contribution in [2.75, 3.05) is 20.3 Å².